The quantitative estimate of drug-likeness (QED) is 0.203. The lowest BCUT2D eigenvalue weighted by Gasteiger charge is -2.26. The molecule has 4 aromatic heterocycles. The van der Waals surface area contributed by atoms with Crippen LogP contribution in [0.25, 0.3) is 16.7 Å². The molecule has 11 heteroatoms. The van der Waals surface area contributed by atoms with E-state index in [1.165, 1.54) is 43.2 Å². The number of hydrogen-bond donors (Lipinski definition) is 1. The van der Waals surface area contributed by atoms with E-state index in [4.69, 9.17) is 21.3 Å². The monoisotopic (exact) mass is 560 g/mol. The lowest BCUT2D eigenvalue weighted by molar-refractivity contribution is 0.477. The van der Waals surface area contributed by atoms with Crippen molar-refractivity contribution in [2.24, 2.45) is 5.92 Å². The van der Waals surface area contributed by atoms with Crippen molar-refractivity contribution in [1.82, 2.24) is 29.5 Å². The fourth-order valence-electron chi connectivity index (χ4n) is 5.09. The van der Waals surface area contributed by atoms with E-state index in [1.807, 2.05) is 0 Å². The summed E-state index contributed by atoms with van der Waals surface area (Å²) in [5, 5.41) is 7.40. The second-order valence-electron chi connectivity index (χ2n) is 10.3. The standard InChI is InChI=1S/C29H30ClFN8O/c1-3-4-5-9-38-15-18(2)6-7-19-11-24-27(37-29(19)38)28(34-16-32-24)36-23-13-21(30)25(14-22(23)31)40-20-8-10-39-26(12-20)33-17-35-39/h8,10-14,16-18H,3-7,9,15H2,1-2H3,(H,32,34,36). The van der Waals surface area contributed by atoms with Gasteiger partial charge in [0, 0.05) is 31.4 Å². The Hall–Kier alpha value is -4.05. The summed E-state index contributed by atoms with van der Waals surface area (Å²) in [6.07, 6.45) is 10.1. The Balaban J connectivity index is 1.30. The molecular formula is C29H30ClFN8O. The van der Waals surface area contributed by atoms with Crippen LogP contribution in [0.1, 0.15) is 45.1 Å². The first-order chi connectivity index (χ1) is 19.5. The van der Waals surface area contributed by atoms with Crippen LogP contribution in [0.5, 0.6) is 11.5 Å². The minimum absolute atomic E-state index is 0.162. The molecule has 0 saturated carbocycles. The van der Waals surface area contributed by atoms with Crippen LogP contribution in [0.4, 0.5) is 21.7 Å². The summed E-state index contributed by atoms with van der Waals surface area (Å²) in [6.45, 7) is 6.41. The van der Waals surface area contributed by atoms with Crippen molar-refractivity contribution in [2.75, 3.05) is 23.3 Å². The number of unbranched alkanes of at least 4 members (excludes halogenated alkanes) is 2. The van der Waals surface area contributed by atoms with Gasteiger partial charge in [0.2, 0.25) is 0 Å². The molecule has 40 heavy (non-hydrogen) atoms. The van der Waals surface area contributed by atoms with Gasteiger partial charge >= 0.3 is 0 Å². The van der Waals surface area contributed by atoms with Gasteiger partial charge in [-0.05, 0) is 48.9 Å². The minimum atomic E-state index is -0.542. The van der Waals surface area contributed by atoms with Crippen LogP contribution in [0.3, 0.4) is 0 Å². The lowest BCUT2D eigenvalue weighted by Crippen LogP contribution is -2.29. The highest BCUT2D eigenvalue weighted by molar-refractivity contribution is 6.32. The van der Waals surface area contributed by atoms with Crippen LogP contribution in [0, 0.1) is 11.7 Å². The van der Waals surface area contributed by atoms with E-state index in [-0.39, 0.29) is 16.5 Å². The molecule has 1 aliphatic rings. The Morgan fingerprint density at radius 3 is 2.90 bits per heavy atom. The third-order valence-corrected chi connectivity index (χ3v) is 7.49. The molecule has 1 atom stereocenters. The Bertz CT molecular complexity index is 1680. The molecule has 0 saturated heterocycles. The van der Waals surface area contributed by atoms with Crippen LogP contribution in [0.15, 0.2) is 49.2 Å². The van der Waals surface area contributed by atoms with Gasteiger partial charge < -0.3 is 15.0 Å². The van der Waals surface area contributed by atoms with E-state index < -0.39 is 5.82 Å². The number of hydrogen-bond acceptors (Lipinski definition) is 8. The molecule has 9 nitrogen and oxygen atoms in total. The highest BCUT2D eigenvalue weighted by Crippen LogP contribution is 2.36. The first-order valence-corrected chi connectivity index (χ1v) is 14.0. The number of aromatic nitrogens is 6. The van der Waals surface area contributed by atoms with Gasteiger partial charge in [0.25, 0.3) is 0 Å². The third kappa shape index (κ3) is 5.36. The Morgan fingerprint density at radius 1 is 1.12 bits per heavy atom. The Morgan fingerprint density at radius 2 is 2.02 bits per heavy atom. The highest BCUT2D eigenvalue weighted by Gasteiger charge is 2.23. The molecule has 0 radical (unpaired) electrons. The second kappa shape index (κ2) is 11.2. The van der Waals surface area contributed by atoms with E-state index in [2.05, 4.69) is 50.2 Å². The van der Waals surface area contributed by atoms with Crippen molar-refractivity contribution >= 4 is 45.6 Å². The first-order valence-electron chi connectivity index (χ1n) is 13.6. The highest BCUT2D eigenvalue weighted by atomic mass is 35.5. The predicted molar refractivity (Wildman–Crippen MR) is 154 cm³/mol. The molecule has 1 unspecified atom stereocenters. The summed E-state index contributed by atoms with van der Waals surface area (Å²) in [4.78, 5) is 20.5. The van der Waals surface area contributed by atoms with E-state index >= 15 is 4.39 Å². The average molecular weight is 561 g/mol. The summed E-state index contributed by atoms with van der Waals surface area (Å²) in [7, 11) is 0. The lowest BCUT2D eigenvalue weighted by atomic mass is 10.0. The van der Waals surface area contributed by atoms with Gasteiger partial charge in [0.05, 0.1) is 16.2 Å². The number of fused-ring (bicyclic) bond motifs is 3. The van der Waals surface area contributed by atoms with Gasteiger partial charge in [0.15, 0.2) is 11.5 Å². The molecule has 206 valence electrons. The van der Waals surface area contributed by atoms with Crippen LogP contribution >= 0.6 is 11.6 Å². The molecule has 5 heterocycles. The number of pyridine rings is 2. The van der Waals surface area contributed by atoms with Gasteiger partial charge in [-0.15, -0.1) is 0 Å². The van der Waals surface area contributed by atoms with Gasteiger partial charge in [-0.25, -0.2) is 28.8 Å². The fourth-order valence-corrected chi connectivity index (χ4v) is 5.29. The third-order valence-electron chi connectivity index (χ3n) is 7.19. The van der Waals surface area contributed by atoms with E-state index in [1.54, 1.807) is 22.8 Å². The zero-order chi connectivity index (χ0) is 27.6. The van der Waals surface area contributed by atoms with Crippen LogP contribution in [-0.4, -0.2) is 42.6 Å². The molecule has 0 amide bonds. The van der Waals surface area contributed by atoms with Gasteiger partial charge in [0.1, 0.15) is 41.3 Å². The molecule has 0 bridgehead atoms. The summed E-state index contributed by atoms with van der Waals surface area (Å²) in [6, 6.07) is 8.23. The van der Waals surface area contributed by atoms with Crippen molar-refractivity contribution in [1.29, 1.82) is 0 Å². The number of halogens is 2. The van der Waals surface area contributed by atoms with Gasteiger partial charge in [-0.2, -0.15) is 5.10 Å². The summed E-state index contributed by atoms with van der Waals surface area (Å²) in [5.74, 6) is 2.06. The Kier molecular flexibility index (Phi) is 7.34. The topological polar surface area (TPSA) is 93.4 Å². The first kappa shape index (κ1) is 26.2. The SMILES string of the molecule is CCCCCN1CC(C)CCc2cc3ncnc(Nc4cc(Cl)c(Oc5ccn6ncnc6c5)cc4F)c3nc21. The zero-order valence-corrected chi connectivity index (χ0v) is 23.2. The fraction of sp³-hybridized carbons (Fsp3) is 0.345. The summed E-state index contributed by atoms with van der Waals surface area (Å²) in [5.41, 5.74) is 3.27. The van der Waals surface area contributed by atoms with Gasteiger partial charge in [-0.3, -0.25) is 0 Å². The molecule has 1 aliphatic heterocycles. The number of rotatable bonds is 8. The number of aryl methyl sites for hydroxylation is 1. The minimum Gasteiger partial charge on any atom is -0.455 e. The van der Waals surface area contributed by atoms with E-state index in [9.17, 15) is 0 Å². The van der Waals surface area contributed by atoms with E-state index in [0.717, 1.165) is 43.7 Å². The molecule has 1 N–H and O–H groups in total. The molecule has 0 aliphatic carbocycles. The van der Waals surface area contributed by atoms with Crippen LogP contribution < -0.4 is 15.0 Å². The van der Waals surface area contributed by atoms with Crippen molar-refractivity contribution in [3.8, 4) is 11.5 Å². The normalized spacial score (nSPS) is 15.3. The molecule has 1 aromatic carbocycles. The molecular weight excluding hydrogens is 531 g/mol. The Labute approximate surface area is 236 Å². The van der Waals surface area contributed by atoms with Crippen molar-refractivity contribution in [3.05, 3.63) is 65.6 Å². The number of nitrogens with one attached hydrogen (secondary N) is 1. The van der Waals surface area contributed by atoms with Crippen molar-refractivity contribution < 1.29 is 9.13 Å². The number of benzene rings is 1. The molecule has 0 fully saturated rings. The van der Waals surface area contributed by atoms with Crippen molar-refractivity contribution in [3.63, 3.8) is 0 Å². The van der Waals surface area contributed by atoms with Gasteiger partial charge in [-0.1, -0.05) is 38.3 Å². The number of nitrogens with zero attached hydrogens (tertiary/aromatic N) is 7. The maximum atomic E-state index is 15.3. The molecule has 6 rings (SSSR count). The largest absolute Gasteiger partial charge is 0.455 e. The van der Waals surface area contributed by atoms with E-state index in [0.29, 0.717) is 28.6 Å². The maximum Gasteiger partial charge on any atom is 0.160 e. The van der Waals surface area contributed by atoms with Crippen LogP contribution in [-0.2, 0) is 6.42 Å². The predicted octanol–water partition coefficient (Wildman–Crippen LogP) is 6.97. The summed E-state index contributed by atoms with van der Waals surface area (Å²) >= 11 is 6.52. The number of ether oxygens (including phenoxy) is 1. The molecule has 5 aromatic rings. The van der Waals surface area contributed by atoms with Crippen LogP contribution in [0.2, 0.25) is 5.02 Å². The van der Waals surface area contributed by atoms with Crippen molar-refractivity contribution in [2.45, 2.75) is 46.0 Å². The summed E-state index contributed by atoms with van der Waals surface area (Å²) < 4.78 is 22.8. The zero-order valence-electron chi connectivity index (χ0n) is 22.4. The molecule has 0 spiro atoms. The maximum absolute atomic E-state index is 15.3. The average Bonchev–Trinajstić information content (AvgIpc) is 3.36. The second-order valence-corrected chi connectivity index (χ2v) is 10.7. The smallest absolute Gasteiger partial charge is 0.160 e. The number of anilines is 3.